The Bertz CT molecular complexity index is 388. The standard InChI is InChI=1S/C12H16Br2O2S/c1-7(2)4-8(3)16-6-10(15)9-5-11(13)17-12(9)14/h5,7-8H,4,6H2,1-3H3. The van der Waals surface area contributed by atoms with Crippen molar-refractivity contribution in [2.75, 3.05) is 6.61 Å². The van der Waals surface area contributed by atoms with E-state index >= 15 is 0 Å². The highest BCUT2D eigenvalue weighted by Crippen LogP contribution is 2.32. The molecule has 1 atom stereocenters. The fourth-order valence-corrected chi connectivity index (χ4v) is 4.41. The number of ether oxygens (including phenoxy) is 1. The quantitative estimate of drug-likeness (QED) is 0.652. The average molecular weight is 384 g/mol. The summed E-state index contributed by atoms with van der Waals surface area (Å²) in [6.07, 6.45) is 1.10. The lowest BCUT2D eigenvalue weighted by Crippen LogP contribution is -2.17. The van der Waals surface area contributed by atoms with Crippen LogP contribution in [-0.2, 0) is 4.74 Å². The van der Waals surface area contributed by atoms with Crippen LogP contribution in [0.5, 0.6) is 0 Å². The van der Waals surface area contributed by atoms with E-state index in [9.17, 15) is 4.79 Å². The van der Waals surface area contributed by atoms with Gasteiger partial charge < -0.3 is 4.74 Å². The van der Waals surface area contributed by atoms with E-state index in [4.69, 9.17) is 4.74 Å². The number of thiophene rings is 1. The maximum atomic E-state index is 11.9. The van der Waals surface area contributed by atoms with Crippen LogP contribution < -0.4 is 0 Å². The molecule has 2 nitrogen and oxygen atoms in total. The summed E-state index contributed by atoms with van der Waals surface area (Å²) in [7, 11) is 0. The molecule has 96 valence electrons. The molecule has 0 aromatic carbocycles. The molecule has 0 radical (unpaired) electrons. The highest BCUT2D eigenvalue weighted by molar-refractivity contribution is 9.12. The van der Waals surface area contributed by atoms with Crippen LogP contribution in [0.4, 0.5) is 0 Å². The van der Waals surface area contributed by atoms with Crippen molar-refractivity contribution in [2.45, 2.75) is 33.3 Å². The fraction of sp³-hybridized carbons (Fsp3) is 0.583. The summed E-state index contributed by atoms with van der Waals surface area (Å²) in [6.45, 7) is 6.45. The van der Waals surface area contributed by atoms with Gasteiger partial charge in [-0.2, -0.15) is 0 Å². The first-order valence-electron chi connectivity index (χ1n) is 5.49. The molecule has 0 aliphatic carbocycles. The van der Waals surface area contributed by atoms with Crippen LogP contribution in [0.15, 0.2) is 13.6 Å². The van der Waals surface area contributed by atoms with Gasteiger partial charge in [0.15, 0.2) is 5.78 Å². The molecule has 1 aromatic heterocycles. The van der Waals surface area contributed by atoms with E-state index < -0.39 is 0 Å². The Balaban J connectivity index is 2.47. The smallest absolute Gasteiger partial charge is 0.190 e. The summed E-state index contributed by atoms with van der Waals surface area (Å²) < 4.78 is 7.36. The largest absolute Gasteiger partial charge is 0.370 e. The normalized spacial score (nSPS) is 13.1. The Labute approximate surface area is 123 Å². The minimum absolute atomic E-state index is 0.0226. The summed E-state index contributed by atoms with van der Waals surface area (Å²) >= 11 is 8.24. The Hall–Kier alpha value is 0.290. The number of rotatable bonds is 6. The van der Waals surface area contributed by atoms with Gasteiger partial charge in [0.05, 0.1) is 13.7 Å². The van der Waals surface area contributed by atoms with Gasteiger partial charge in [-0.25, -0.2) is 0 Å². The van der Waals surface area contributed by atoms with Crippen LogP contribution >= 0.6 is 43.2 Å². The highest BCUT2D eigenvalue weighted by atomic mass is 79.9. The first-order chi connectivity index (χ1) is 7.90. The molecule has 0 saturated carbocycles. The summed E-state index contributed by atoms with van der Waals surface area (Å²) in [4.78, 5) is 11.9. The number of hydrogen-bond acceptors (Lipinski definition) is 3. The predicted octanol–water partition coefficient (Wildman–Crippen LogP) is 4.91. The Kier molecular flexibility index (Phi) is 6.34. The molecule has 0 aliphatic rings. The van der Waals surface area contributed by atoms with Gasteiger partial charge in [-0.3, -0.25) is 4.79 Å². The van der Waals surface area contributed by atoms with E-state index in [0.717, 1.165) is 14.0 Å². The topological polar surface area (TPSA) is 26.3 Å². The van der Waals surface area contributed by atoms with Crippen LogP contribution in [0.3, 0.4) is 0 Å². The third-order valence-electron chi connectivity index (χ3n) is 2.26. The number of Topliss-reactive ketones (excluding diaryl/α,β-unsaturated/α-hetero) is 1. The molecule has 1 aromatic rings. The zero-order valence-electron chi connectivity index (χ0n) is 10.1. The van der Waals surface area contributed by atoms with Crippen LogP contribution in [0.25, 0.3) is 0 Å². The Morgan fingerprint density at radius 1 is 1.41 bits per heavy atom. The molecule has 0 saturated heterocycles. The lowest BCUT2D eigenvalue weighted by atomic mass is 10.1. The number of carbonyl (C=O) groups is 1. The molecule has 0 amide bonds. The van der Waals surface area contributed by atoms with E-state index in [2.05, 4.69) is 45.7 Å². The molecule has 0 aliphatic heterocycles. The maximum Gasteiger partial charge on any atom is 0.190 e. The molecule has 0 bridgehead atoms. The van der Waals surface area contributed by atoms with E-state index in [1.165, 1.54) is 11.3 Å². The number of hydrogen-bond donors (Lipinski definition) is 0. The van der Waals surface area contributed by atoms with Crippen LogP contribution in [0.2, 0.25) is 0 Å². The minimum Gasteiger partial charge on any atom is -0.370 e. The van der Waals surface area contributed by atoms with Gasteiger partial charge in [-0.15, -0.1) is 11.3 Å². The van der Waals surface area contributed by atoms with Crippen molar-refractivity contribution in [1.29, 1.82) is 0 Å². The zero-order chi connectivity index (χ0) is 13.0. The van der Waals surface area contributed by atoms with Gasteiger partial charge >= 0.3 is 0 Å². The molecule has 1 heterocycles. The second-order valence-electron chi connectivity index (χ2n) is 4.41. The third kappa shape index (κ3) is 5.20. The summed E-state index contributed by atoms with van der Waals surface area (Å²) in [5.41, 5.74) is 0.693. The lowest BCUT2D eigenvalue weighted by Gasteiger charge is -2.14. The van der Waals surface area contributed by atoms with Crippen LogP contribution in [0, 0.1) is 5.92 Å². The van der Waals surface area contributed by atoms with E-state index in [-0.39, 0.29) is 18.5 Å². The maximum absolute atomic E-state index is 11.9. The number of halogens is 2. The summed E-state index contributed by atoms with van der Waals surface area (Å²) in [5, 5.41) is 0. The first kappa shape index (κ1) is 15.3. The molecule has 0 N–H and O–H groups in total. The van der Waals surface area contributed by atoms with Crippen molar-refractivity contribution in [1.82, 2.24) is 0 Å². The van der Waals surface area contributed by atoms with Gasteiger partial charge in [-0.05, 0) is 57.2 Å². The van der Waals surface area contributed by atoms with E-state index in [0.29, 0.717) is 11.5 Å². The fourth-order valence-electron chi connectivity index (χ4n) is 1.56. The summed E-state index contributed by atoms with van der Waals surface area (Å²) in [6, 6.07) is 1.83. The van der Waals surface area contributed by atoms with Gasteiger partial charge in [-0.1, -0.05) is 13.8 Å². The van der Waals surface area contributed by atoms with Crippen LogP contribution in [-0.4, -0.2) is 18.5 Å². The third-order valence-corrected chi connectivity index (χ3v) is 4.60. The monoisotopic (exact) mass is 382 g/mol. The van der Waals surface area contributed by atoms with Gasteiger partial charge in [0.1, 0.15) is 6.61 Å². The predicted molar refractivity (Wildman–Crippen MR) is 78.9 cm³/mol. The molecule has 17 heavy (non-hydrogen) atoms. The van der Waals surface area contributed by atoms with E-state index in [1.807, 2.05) is 13.0 Å². The molecule has 5 heteroatoms. The van der Waals surface area contributed by atoms with Crippen molar-refractivity contribution in [2.24, 2.45) is 5.92 Å². The SMILES string of the molecule is CC(C)CC(C)OCC(=O)c1cc(Br)sc1Br. The molecule has 1 unspecified atom stereocenters. The lowest BCUT2D eigenvalue weighted by molar-refractivity contribution is 0.0445. The van der Waals surface area contributed by atoms with E-state index in [1.54, 1.807) is 0 Å². The Morgan fingerprint density at radius 2 is 2.06 bits per heavy atom. The number of carbonyl (C=O) groups excluding carboxylic acids is 1. The van der Waals surface area contributed by atoms with Crippen molar-refractivity contribution >= 4 is 49.0 Å². The van der Waals surface area contributed by atoms with Crippen molar-refractivity contribution in [3.05, 3.63) is 19.2 Å². The van der Waals surface area contributed by atoms with Gasteiger partial charge in [0.2, 0.25) is 0 Å². The summed E-state index contributed by atoms with van der Waals surface area (Å²) in [5.74, 6) is 0.608. The molecular formula is C12H16Br2O2S. The first-order valence-corrected chi connectivity index (χ1v) is 7.90. The second kappa shape index (κ2) is 7.02. The average Bonchev–Trinajstić information content (AvgIpc) is 2.53. The highest BCUT2D eigenvalue weighted by Gasteiger charge is 2.15. The number of ketones is 1. The molecule has 0 fully saturated rings. The van der Waals surface area contributed by atoms with Crippen molar-refractivity contribution in [3.63, 3.8) is 0 Å². The minimum atomic E-state index is 0.0226. The molecule has 0 spiro atoms. The van der Waals surface area contributed by atoms with Crippen molar-refractivity contribution in [3.8, 4) is 0 Å². The van der Waals surface area contributed by atoms with Crippen molar-refractivity contribution < 1.29 is 9.53 Å². The molecule has 1 rings (SSSR count). The van der Waals surface area contributed by atoms with Gasteiger partial charge in [0, 0.05) is 5.56 Å². The van der Waals surface area contributed by atoms with Crippen LogP contribution in [0.1, 0.15) is 37.6 Å². The molecular weight excluding hydrogens is 368 g/mol. The van der Waals surface area contributed by atoms with Gasteiger partial charge in [0.25, 0.3) is 0 Å². The second-order valence-corrected chi connectivity index (χ2v) is 8.16. The zero-order valence-corrected chi connectivity index (χ0v) is 14.1. The Morgan fingerprint density at radius 3 is 2.53 bits per heavy atom.